The highest BCUT2D eigenvalue weighted by atomic mass is 16.4. The summed E-state index contributed by atoms with van der Waals surface area (Å²) in [5.74, 6) is 0. The van der Waals surface area contributed by atoms with Crippen molar-refractivity contribution in [2.45, 2.75) is 19.9 Å². The van der Waals surface area contributed by atoms with Gasteiger partial charge in [0, 0.05) is 28.9 Å². The zero-order valence-corrected chi connectivity index (χ0v) is 14.2. The SMILES string of the molecule is C=CCc1c(-c2ccccc2)n(CC)c2ccc3oc(=O)ccc3c12. The van der Waals surface area contributed by atoms with E-state index in [1.165, 1.54) is 22.9 Å². The van der Waals surface area contributed by atoms with Crippen molar-refractivity contribution in [2.75, 3.05) is 0 Å². The van der Waals surface area contributed by atoms with Crippen LogP contribution in [0.4, 0.5) is 0 Å². The third kappa shape index (κ3) is 2.40. The Kier molecular flexibility index (Phi) is 3.77. The lowest BCUT2D eigenvalue weighted by Gasteiger charge is -2.10. The van der Waals surface area contributed by atoms with E-state index in [2.05, 4.69) is 42.3 Å². The number of fused-ring (bicyclic) bond motifs is 3. The van der Waals surface area contributed by atoms with Gasteiger partial charge in [0.2, 0.25) is 0 Å². The molecule has 0 N–H and O–H groups in total. The van der Waals surface area contributed by atoms with Gasteiger partial charge < -0.3 is 8.98 Å². The molecule has 0 saturated carbocycles. The molecule has 0 amide bonds. The molecule has 0 radical (unpaired) electrons. The van der Waals surface area contributed by atoms with Crippen LogP contribution in [0.15, 0.2) is 76.5 Å². The summed E-state index contributed by atoms with van der Waals surface area (Å²) >= 11 is 0. The molecule has 0 aliphatic rings. The fourth-order valence-electron chi connectivity index (χ4n) is 3.68. The van der Waals surface area contributed by atoms with Gasteiger partial charge in [0.25, 0.3) is 0 Å². The van der Waals surface area contributed by atoms with Crippen LogP contribution in [0, 0.1) is 0 Å². The molecule has 0 aliphatic carbocycles. The molecule has 0 spiro atoms. The number of hydrogen-bond acceptors (Lipinski definition) is 2. The Morgan fingerprint density at radius 3 is 2.60 bits per heavy atom. The van der Waals surface area contributed by atoms with Gasteiger partial charge in [-0.1, -0.05) is 36.4 Å². The summed E-state index contributed by atoms with van der Waals surface area (Å²) < 4.78 is 7.73. The summed E-state index contributed by atoms with van der Waals surface area (Å²) in [5, 5.41) is 2.11. The third-order valence-corrected chi connectivity index (χ3v) is 4.64. The fraction of sp³-hybridized carbons (Fsp3) is 0.136. The van der Waals surface area contributed by atoms with Gasteiger partial charge in [0.15, 0.2) is 0 Å². The van der Waals surface area contributed by atoms with Crippen LogP contribution in [0.25, 0.3) is 33.1 Å². The highest BCUT2D eigenvalue weighted by molar-refractivity contribution is 6.09. The lowest BCUT2D eigenvalue weighted by molar-refractivity contribution is 0.561. The second-order valence-electron chi connectivity index (χ2n) is 6.06. The summed E-state index contributed by atoms with van der Waals surface area (Å²) in [6, 6.07) is 17.7. The maximum Gasteiger partial charge on any atom is 0.336 e. The van der Waals surface area contributed by atoms with Gasteiger partial charge in [-0.3, -0.25) is 0 Å². The van der Waals surface area contributed by atoms with Crippen molar-refractivity contribution >= 4 is 21.9 Å². The molecule has 0 unspecified atom stereocenters. The van der Waals surface area contributed by atoms with E-state index >= 15 is 0 Å². The molecule has 0 fully saturated rings. The van der Waals surface area contributed by atoms with E-state index in [1.807, 2.05) is 30.3 Å². The number of aromatic nitrogens is 1. The summed E-state index contributed by atoms with van der Waals surface area (Å²) in [6.45, 7) is 6.96. The van der Waals surface area contributed by atoms with Crippen molar-refractivity contribution in [3.63, 3.8) is 0 Å². The van der Waals surface area contributed by atoms with Crippen molar-refractivity contribution in [1.82, 2.24) is 4.57 Å². The number of rotatable bonds is 4. The van der Waals surface area contributed by atoms with Crippen LogP contribution in [-0.4, -0.2) is 4.57 Å². The maximum absolute atomic E-state index is 11.6. The Balaban J connectivity index is 2.21. The van der Waals surface area contributed by atoms with Crippen LogP contribution in [-0.2, 0) is 13.0 Å². The van der Waals surface area contributed by atoms with Crippen LogP contribution in [0.2, 0.25) is 0 Å². The second-order valence-corrected chi connectivity index (χ2v) is 6.06. The van der Waals surface area contributed by atoms with Gasteiger partial charge in [-0.2, -0.15) is 0 Å². The molecule has 0 saturated heterocycles. The highest BCUT2D eigenvalue weighted by Crippen LogP contribution is 2.38. The zero-order valence-electron chi connectivity index (χ0n) is 14.2. The average Bonchev–Trinajstić information content (AvgIpc) is 2.96. The van der Waals surface area contributed by atoms with Gasteiger partial charge in [-0.25, -0.2) is 4.79 Å². The Morgan fingerprint density at radius 2 is 1.88 bits per heavy atom. The average molecular weight is 329 g/mol. The lowest BCUT2D eigenvalue weighted by atomic mass is 10.0. The molecular formula is C22H19NO2. The molecule has 3 heteroatoms. The van der Waals surface area contributed by atoms with Gasteiger partial charge in [0.1, 0.15) is 5.58 Å². The molecular weight excluding hydrogens is 310 g/mol. The van der Waals surface area contributed by atoms with Gasteiger partial charge in [-0.15, -0.1) is 6.58 Å². The van der Waals surface area contributed by atoms with Crippen molar-refractivity contribution < 1.29 is 4.42 Å². The Bertz CT molecular complexity index is 1130. The topological polar surface area (TPSA) is 35.1 Å². The van der Waals surface area contributed by atoms with E-state index in [0.717, 1.165) is 29.3 Å². The molecule has 4 rings (SSSR count). The summed E-state index contributed by atoms with van der Waals surface area (Å²) in [5.41, 5.74) is 5.06. The quantitative estimate of drug-likeness (QED) is 0.383. The number of benzene rings is 2. The minimum absolute atomic E-state index is 0.324. The first-order valence-corrected chi connectivity index (χ1v) is 8.49. The van der Waals surface area contributed by atoms with Crippen LogP contribution < -0.4 is 5.63 Å². The number of hydrogen-bond donors (Lipinski definition) is 0. The molecule has 0 aliphatic heterocycles. The van der Waals surface area contributed by atoms with Crippen molar-refractivity contribution in [2.24, 2.45) is 0 Å². The Labute approximate surface area is 145 Å². The first-order chi connectivity index (χ1) is 12.2. The Hall–Kier alpha value is -3.07. The molecule has 0 bridgehead atoms. The highest BCUT2D eigenvalue weighted by Gasteiger charge is 2.19. The standard InChI is InChI=1S/C22H19NO2/c1-3-8-17-21-16-11-14-20(24)25-19(16)13-12-18(21)23(4-2)22(17)15-9-6-5-7-10-15/h3,5-7,9-14H,1,4,8H2,2H3. The van der Waals surface area contributed by atoms with Crippen LogP contribution >= 0.6 is 0 Å². The zero-order chi connectivity index (χ0) is 17.4. The molecule has 4 aromatic rings. The molecule has 2 aromatic heterocycles. The lowest BCUT2D eigenvalue weighted by Crippen LogP contribution is -1.98. The first kappa shape index (κ1) is 15.5. The van der Waals surface area contributed by atoms with Gasteiger partial charge in [-0.05, 0) is 42.7 Å². The first-order valence-electron chi connectivity index (χ1n) is 8.49. The van der Waals surface area contributed by atoms with Crippen LogP contribution in [0.5, 0.6) is 0 Å². The number of aryl methyl sites for hydroxylation is 1. The number of nitrogens with zero attached hydrogens (tertiary/aromatic N) is 1. The maximum atomic E-state index is 11.6. The largest absolute Gasteiger partial charge is 0.423 e. The summed E-state index contributed by atoms with van der Waals surface area (Å²) in [6.07, 6.45) is 2.69. The van der Waals surface area contributed by atoms with E-state index < -0.39 is 0 Å². The van der Waals surface area contributed by atoms with Crippen molar-refractivity contribution in [3.05, 3.63) is 83.2 Å². The predicted molar refractivity (Wildman–Crippen MR) is 103 cm³/mol. The molecule has 0 atom stereocenters. The van der Waals surface area contributed by atoms with Crippen LogP contribution in [0.1, 0.15) is 12.5 Å². The molecule has 124 valence electrons. The molecule has 3 nitrogen and oxygen atoms in total. The monoisotopic (exact) mass is 329 g/mol. The Morgan fingerprint density at radius 1 is 1.08 bits per heavy atom. The molecule has 2 aromatic carbocycles. The molecule has 25 heavy (non-hydrogen) atoms. The predicted octanol–water partition coefficient (Wildman–Crippen LogP) is 5.16. The van der Waals surface area contributed by atoms with E-state index in [0.29, 0.717) is 5.58 Å². The van der Waals surface area contributed by atoms with E-state index in [1.54, 1.807) is 0 Å². The normalized spacial score (nSPS) is 11.2. The second kappa shape index (κ2) is 6.10. The van der Waals surface area contributed by atoms with E-state index in [9.17, 15) is 4.79 Å². The fourth-order valence-corrected chi connectivity index (χ4v) is 3.68. The van der Waals surface area contributed by atoms with Gasteiger partial charge >= 0.3 is 5.63 Å². The van der Waals surface area contributed by atoms with Crippen LogP contribution in [0.3, 0.4) is 0 Å². The number of allylic oxidation sites excluding steroid dienone is 1. The summed E-state index contributed by atoms with van der Waals surface area (Å²) in [4.78, 5) is 11.6. The summed E-state index contributed by atoms with van der Waals surface area (Å²) in [7, 11) is 0. The smallest absolute Gasteiger partial charge is 0.336 e. The minimum atomic E-state index is -0.324. The van der Waals surface area contributed by atoms with Gasteiger partial charge in [0.05, 0.1) is 5.69 Å². The van der Waals surface area contributed by atoms with Crippen molar-refractivity contribution in [1.29, 1.82) is 0 Å². The minimum Gasteiger partial charge on any atom is -0.423 e. The van der Waals surface area contributed by atoms with E-state index in [4.69, 9.17) is 4.42 Å². The van der Waals surface area contributed by atoms with E-state index in [-0.39, 0.29) is 5.63 Å². The third-order valence-electron chi connectivity index (χ3n) is 4.64. The molecule has 2 heterocycles. The van der Waals surface area contributed by atoms with Crippen molar-refractivity contribution in [3.8, 4) is 11.3 Å².